The van der Waals surface area contributed by atoms with Crippen molar-refractivity contribution in [3.63, 3.8) is 0 Å². The van der Waals surface area contributed by atoms with Gasteiger partial charge in [0.1, 0.15) is 5.65 Å². The molecule has 3 heterocycles. The van der Waals surface area contributed by atoms with Crippen molar-refractivity contribution in [2.45, 2.75) is 19.3 Å². The molecule has 0 N–H and O–H groups in total. The molecule has 1 aliphatic rings. The number of unbranched alkanes of at least 4 members (excludes halogenated alkanes) is 1. The largest absolute Gasteiger partial charge is 0.304 e. The van der Waals surface area contributed by atoms with E-state index in [-0.39, 0.29) is 11.1 Å². The Morgan fingerprint density at radius 2 is 2.15 bits per heavy atom. The Hall–Kier alpha value is -1.82. The quantitative estimate of drug-likeness (QED) is 0.793. The minimum absolute atomic E-state index is 0.0586. The van der Waals surface area contributed by atoms with E-state index in [2.05, 4.69) is 15.5 Å². The van der Waals surface area contributed by atoms with Gasteiger partial charge >= 0.3 is 0 Å². The van der Waals surface area contributed by atoms with Gasteiger partial charge in [-0.25, -0.2) is 4.98 Å². The van der Waals surface area contributed by atoms with E-state index in [0.717, 1.165) is 36.7 Å². The Kier molecular flexibility index (Phi) is 3.73. The molecule has 0 aromatic carbocycles. The molecule has 1 aliphatic heterocycles. The Morgan fingerprint density at radius 1 is 1.25 bits per heavy atom. The molecule has 0 atom stereocenters. The lowest BCUT2D eigenvalue weighted by Gasteiger charge is -2.12. The lowest BCUT2D eigenvalue weighted by molar-refractivity contribution is -0.124. The minimum atomic E-state index is -0.105. The van der Waals surface area contributed by atoms with Crippen LogP contribution in [-0.2, 0) is 11.2 Å². The van der Waals surface area contributed by atoms with Crippen LogP contribution in [0.3, 0.4) is 0 Å². The van der Waals surface area contributed by atoms with E-state index in [9.17, 15) is 9.59 Å². The molecule has 0 bridgehead atoms. The normalized spacial score (nSPS) is 15.5. The fourth-order valence-corrected chi connectivity index (χ4v) is 3.14. The second-order valence-electron chi connectivity index (χ2n) is 4.73. The number of hydrogen-bond donors (Lipinski definition) is 0. The molecule has 104 valence electrons. The zero-order valence-corrected chi connectivity index (χ0v) is 11.8. The number of hydrogen-bond acceptors (Lipinski definition) is 4. The standard InChI is InChI=1S/C14H15N3O2S/c18-13-10-20-14(19)17(13)8-2-1-4-11-5-3-6-12-15-7-9-16(11)12/h3,5-7,9H,1-2,4,8,10H2. The fraction of sp³-hybridized carbons (Fsp3) is 0.357. The number of fused-ring (bicyclic) bond motifs is 1. The molecule has 0 aliphatic carbocycles. The van der Waals surface area contributed by atoms with Gasteiger partial charge in [-0.2, -0.15) is 0 Å². The molecule has 0 spiro atoms. The molecule has 5 nitrogen and oxygen atoms in total. The number of carbonyl (C=O) groups is 2. The molecule has 0 radical (unpaired) electrons. The molecule has 20 heavy (non-hydrogen) atoms. The van der Waals surface area contributed by atoms with Crippen LogP contribution in [0.2, 0.25) is 0 Å². The van der Waals surface area contributed by atoms with Crippen molar-refractivity contribution in [1.29, 1.82) is 0 Å². The molecule has 2 aromatic rings. The van der Waals surface area contributed by atoms with Gasteiger partial charge in [0.15, 0.2) is 0 Å². The number of imide groups is 1. The van der Waals surface area contributed by atoms with Gasteiger partial charge in [0.05, 0.1) is 5.75 Å². The highest BCUT2D eigenvalue weighted by Crippen LogP contribution is 2.19. The number of aromatic nitrogens is 2. The molecule has 3 rings (SSSR count). The summed E-state index contributed by atoms with van der Waals surface area (Å²) >= 11 is 1.10. The number of thioether (sulfide) groups is 1. The maximum Gasteiger partial charge on any atom is 0.288 e. The Morgan fingerprint density at radius 3 is 2.95 bits per heavy atom. The predicted molar refractivity (Wildman–Crippen MR) is 77.7 cm³/mol. The van der Waals surface area contributed by atoms with Crippen molar-refractivity contribution < 1.29 is 9.59 Å². The maximum absolute atomic E-state index is 11.5. The molecule has 6 heteroatoms. The first-order chi connectivity index (χ1) is 9.75. The highest BCUT2D eigenvalue weighted by atomic mass is 32.2. The monoisotopic (exact) mass is 289 g/mol. The van der Waals surface area contributed by atoms with Crippen LogP contribution in [-0.4, -0.2) is 37.7 Å². The molecular formula is C14H15N3O2S. The lowest BCUT2D eigenvalue weighted by Crippen LogP contribution is -2.29. The summed E-state index contributed by atoms with van der Waals surface area (Å²) in [6, 6.07) is 6.06. The fourth-order valence-electron chi connectivity index (χ4n) is 2.38. The second-order valence-corrected chi connectivity index (χ2v) is 5.66. The van der Waals surface area contributed by atoms with Crippen LogP contribution < -0.4 is 0 Å². The summed E-state index contributed by atoms with van der Waals surface area (Å²) in [7, 11) is 0. The van der Waals surface area contributed by atoms with E-state index in [1.165, 1.54) is 10.6 Å². The van der Waals surface area contributed by atoms with Gasteiger partial charge in [0, 0.05) is 24.6 Å². The van der Waals surface area contributed by atoms with Gasteiger partial charge in [-0.3, -0.25) is 14.5 Å². The summed E-state index contributed by atoms with van der Waals surface area (Å²) in [5.41, 5.74) is 2.15. The molecule has 2 aromatic heterocycles. The zero-order chi connectivity index (χ0) is 13.9. The zero-order valence-electron chi connectivity index (χ0n) is 11.0. The number of imidazole rings is 1. The van der Waals surface area contributed by atoms with Gasteiger partial charge in [-0.05, 0) is 31.4 Å². The van der Waals surface area contributed by atoms with E-state index >= 15 is 0 Å². The molecule has 0 saturated carbocycles. The number of aryl methyl sites for hydroxylation is 1. The van der Waals surface area contributed by atoms with Gasteiger partial charge in [-0.1, -0.05) is 17.8 Å². The van der Waals surface area contributed by atoms with E-state index in [4.69, 9.17) is 0 Å². The average Bonchev–Trinajstić information content (AvgIpc) is 3.04. The third-order valence-electron chi connectivity index (χ3n) is 3.42. The van der Waals surface area contributed by atoms with Crippen LogP contribution in [0, 0.1) is 0 Å². The van der Waals surface area contributed by atoms with Crippen molar-refractivity contribution in [3.05, 3.63) is 36.3 Å². The number of rotatable bonds is 5. The van der Waals surface area contributed by atoms with Crippen LogP contribution in [0.25, 0.3) is 5.65 Å². The van der Waals surface area contributed by atoms with Crippen LogP contribution >= 0.6 is 11.8 Å². The van der Waals surface area contributed by atoms with Crippen LogP contribution in [0.4, 0.5) is 4.79 Å². The topological polar surface area (TPSA) is 54.7 Å². The summed E-state index contributed by atoms with van der Waals surface area (Å²) in [6.07, 6.45) is 6.44. The molecular weight excluding hydrogens is 274 g/mol. The summed E-state index contributed by atoms with van der Waals surface area (Å²) < 4.78 is 2.07. The maximum atomic E-state index is 11.5. The Balaban J connectivity index is 1.54. The van der Waals surface area contributed by atoms with Crippen molar-refractivity contribution in [3.8, 4) is 0 Å². The molecule has 2 amide bonds. The third-order valence-corrected chi connectivity index (χ3v) is 4.28. The number of nitrogens with zero attached hydrogens (tertiary/aromatic N) is 3. The van der Waals surface area contributed by atoms with Crippen LogP contribution in [0.15, 0.2) is 30.6 Å². The molecule has 1 saturated heterocycles. The van der Waals surface area contributed by atoms with E-state index < -0.39 is 0 Å². The first-order valence-electron chi connectivity index (χ1n) is 6.64. The van der Waals surface area contributed by atoms with E-state index in [1.54, 1.807) is 6.20 Å². The van der Waals surface area contributed by atoms with Gasteiger partial charge in [0.2, 0.25) is 5.91 Å². The first kappa shape index (κ1) is 13.2. The van der Waals surface area contributed by atoms with E-state index in [1.807, 2.05) is 18.3 Å². The predicted octanol–water partition coefficient (Wildman–Crippen LogP) is 2.35. The molecule has 0 unspecified atom stereocenters. The summed E-state index contributed by atoms with van der Waals surface area (Å²) in [5.74, 6) is 0.240. The van der Waals surface area contributed by atoms with Crippen molar-refractivity contribution in [2.75, 3.05) is 12.3 Å². The first-order valence-corrected chi connectivity index (χ1v) is 7.62. The van der Waals surface area contributed by atoms with Crippen LogP contribution in [0.5, 0.6) is 0 Å². The summed E-state index contributed by atoms with van der Waals surface area (Å²) in [6.45, 7) is 0.532. The van der Waals surface area contributed by atoms with Crippen molar-refractivity contribution >= 4 is 28.6 Å². The smallest absolute Gasteiger partial charge is 0.288 e. The summed E-state index contributed by atoms with van der Waals surface area (Å²) in [4.78, 5) is 28.5. The van der Waals surface area contributed by atoms with Crippen molar-refractivity contribution in [1.82, 2.24) is 14.3 Å². The van der Waals surface area contributed by atoms with Gasteiger partial charge < -0.3 is 4.40 Å². The third kappa shape index (κ3) is 2.56. The summed E-state index contributed by atoms with van der Waals surface area (Å²) in [5, 5.41) is -0.105. The molecule has 1 fully saturated rings. The van der Waals surface area contributed by atoms with Crippen molar-refractivity contribution in [2.24, 2.45) is 0 Å². The van der Waals surface area contributed by atoms with Gasteiger partial charge in [0.25, 0.3) is 5.24 Å². The number of carbonyl (C=O) groups excluding carboxylic acids is 2. The van der Waals surface area contributed by atoms with Gasteiger partial charge in [-0.15, -0.1) is 0 Å². The highest BCUT2D eigenvalue weighted by molar-refractivity contribution is 8.14. The van der Waals surface area contributed by atoms with E-state index in [0.29, 0.717) is 12.3 Å². The SMILES string of the molecule is O=C1CSC(=O)N1CCCCc1cccc2nccn12. The minimum Gasteiger partial charge on any atom is -0.304 e. The number of pyridine rings is 1. The van der Waals surface area contributed by atoms with Crippen LogP contribution in [0.1, 0.15) is 18.5 Å². The highest BCUT2D eigenvalue weighted by Gasteiger charge is 2.28. The average molecular weight is 289 g/mol. The lowest BCUT2D eigenvalue weighted by atomic mass is 10.1. The number of amides is 2. The Labute approximate surface area is 121 Å². The second kappa shape index (κ2) is 5.66. The Bertz CT molecular complexity index is 637.